The van der Waals surface area contributed by atoms with E-state index in [9.17, 15) is 4.79 Å². The first-order chi connectivity index (χ1) is 14.2. The van der Waals surface area contributed by atoms with Crippen molar-refractivity contribution in [2.75, 3.05) is 12.5 Å². The van der Waals surface area contributed by atoms with Crippen molar-refractivity contribution >= 4 is 27.5 Å². The maximum Gasteiger partial charge on any atom is 0.280 e. The molecule has 5 nitrogen and oxygen atoms in total. The molecule has 2 aromatic heterocycles. The van der Waals surface area contributed by atoms with Gasteiger partial charge in [0.2, 0.25) is 0 Å². The molecule has 3 aromatic carbocycles. The summed E-state index contributed by atoms with van der Waals surface area (Å²) >= 11 is 0. The number of para-hydroxylation sites is 2. The molecule has 5 heteroatoms. The van der Waals surface area contributed by atoms with Gasteiger partial charge in [0, 0.05) is 22.7 Å². The van der Waals surface area contributed by atoms with Crippen molar-refractivity contribution in [3.63, 3.8) is 0 Å². The number of anilines is 1. The third-order valence-corrected chi connectivity index (χ3v) is 5.08. The molecule has 0 aliphatic rings. The van der Waals surface area contributed by atoms with E-state index in [4.69, 9.17) is 4.74 Å². The van der Waals surface area contributed by atoms with Crippen molar-refractivity contribution in [2.45, 2.75) is 0 Å². The highest BCUT2D eigenvalue weighted by atomic mass is 16.5. The van der Waals surface area contributed by atoms with Crippen LogP contribution in [0.1, 0.15) is 0 Å². The predicted octanol–water partition coefficient (Wildman–Crippen LogP) is 4.83. The lowest BCUT2D eigenvalue weighted by atomic mass is 10.2. The molecule has 0 bridgehead atoms. The quantitative estimate of drug-likeness (QED) is 0.485. The lowest BCUT2D eigenvalue weighted by Gasteiger charge is -2.15. The number of hydrogen-bond acceptors (Lipinski definition) is 3. The fourth-order valence-electron chi connectivity index (χ4n) is 3.64. The number of nitrogens with one attached hydrogen (secondary N) is 1. The molecule has 0 spiro atoms. The number of pyridine rings is 1. The van der Waals surface area contributed by atoms with Crippen LogP contribution in [0.3, 0.4) is 0 Å². The number of benzene rings is 3. The summed E-state index contributed by atoms with van der Waals surface area (Å²) in [6, 6.07) is 27.3. The first-order valence-corrected chi connectivity index (χ1v) is 9.37. The summed E-state index contributed by atoms with van der Waals surface area (Å²) in [5, 5.41) is 2.08. The summed E-state index contributed by atoms with van der Waals surface area (Å²) in [6.45, 7) is 0. The van der Waals surface area contributed by atoms with E-state index in [2.05, 4.69) is 5.43 Å². The zero-order chi connectivity index (χ0) is 19.8. The van der Waals surface area contributed by atoms with E-state index in [-0.39, 0.29) is 5.56 Å². The summed E-state index contributed by atoms with van der Waals surface area (Å²) in [6.07, 6.45) is 1.93. The Morgan fingerprint density at radius 2 is 1.48 bits per heavy atom. The number of nitrogens with zero attached hydrogens (tertiary/aromatic N) is 2. The van der Waals surface area contributed by atoms with Gasteiger partial charge in [0.05, 0.1) is 18.1 Å². The van der Waals surface area contributed by atoms with Gasteiger partial charge in [0.1, 0.15) is 11.4 Å². The standard InChI is InChI=1S/C24H19N3O2/c1-29-20-12-10-19(11-13-20)27-23-9-5-3-7-18(23)16-21(24(27)28)25-26-15-14-17-6-2-4-8-22(17)26/h2-16,25H,1H3. The van der Waals surface area contributed by atoms with Crippen molar-refractivity contribution < 1.29 is 4.74 Å². The molecule has 0 fully saturated rings. The molecule has 1 N–H and O–H groups in total. The molecule has 5 aromatic rings. The highest BCUT2D eigenvalue weighted by Crippen LogP contribution is 2.22. The van der Waals surface area contributed by atoms with Gasteiger partial charge in [0.25, 0.3) is 5.56 Å². The number of methoxy groups -OCH3 is 1. The summed E-state index contributed by atoms with van der Waals surface area (Å²) < 4.78 is 8.85. The van der Waals surface area contributed by atoms with Crippen LogP contribution in [0.4, 0.5) is 5.69 Å². The Morgan fingerprint density at radius 3 is 2.24 bits per heavy atom. The van der Waals surface area contributed by atoms with Crippen LogP contribution in [0.15, 0.2) is 95.9 Å². The van der Waals surface area contributed by atoms with Crippen molar-refractivity contribution in [3.8, 4) is 11.4 Å². The van der Waals surface area contributed by atoms with Crippen LogP contribution >= 0.6 is 0 Å². The topological polar surface area (TPSA) is 48.2 Å². The van der Waals surface area contributed by atoms with Gasteiger partial charge < -0.3 is 4.74 Å². The average Bonchev–Trinajstić information content (AvgIpc) is 3.17. The SMILES string of the molecule is COc1ccc(-n2c(=O)c(Nn3ccc4ccccc43)cc3ccccc32)cc1. The van der Waals surface area contributed by atoms with Gasteiger partial charge in [-0.2, -0.15) is 0 Å². The third-order valence-electron chi connectivity index (χ3n) is 5.08. The summed E-state index contributed by atoms with van der Waals surface area (Å²) in [4.78, 5) is 13.5. The minimum atomic E-state index is -0.119. The highest BCUT2D eigenvalue weighted by molar-refractivity contribution is 5.85. The second-order valence-electron chi connectivity index (χ2n) is 6.81. The Bertz CT molecular complexity index is 1380. The van der Waals surface area contributed by atoms with Crippen LogP contribution in [0.5, 0.6) is 5.75 Å². The zero-order valence-corrected chi connectivity index (χ0v) is 15.9. The van der Waals surface area contributed by atoms with Crippen LogP contribution in [0, 0.1) is 0 Å². The van der Waals surface area contributed by atoms with Crippen molar-refractivity contribution in [3.05, 3.63) is 101 Å². The highest BCUT2D eigenvalue weighted by Gasteiger charge is 2.12. The van der Waals surface area contributed by atoms with E-state index in [0.29, 0.717) is 5.69 Å². The monoisotopic (exact) mass is 381 g/mol. The van der Waals surface area contributed by atoms with Gasteiger partial charge in [-0.25, -0.2) is 0 Å². The van der Waals surface area contributed by atoms with Crippen LogP contribution in [-0.2, 0) is 0 Å². The molecular weight excluding hydrogens is 362 g/mol. The molecule has 5 rings (SSSR count). The molecule has 0 aliphatic heterocycles. The van der Waals surface area contributed by atoms with Gasteiger partial charge in [-0.1, -0.05) is 36.4 Å². The molecule has 142 valence electrons. The second kappa shape index (κ2) is 6.87. The zero-order valence-electron chi connectivity index (χ0n) is 15.9. The van der Waals surface area contributed by atoms with Gasteiger partial charge in [-0.15, -0.1) is 0 Å². The predicted molar refractivity (Wildman–Crippen MR) is 117 cm³/mol. The lowest BCUT2D eigenvalue weighted by Crippen LogP contribution is -2.24. The molecule has 0 saturated heterocycles. The number of hydrogen-bond donors (Lipinski definition) is 1. The van der Waals surface area contributed by atoms with Crippen LogP contribution in [0.25, 0.3) is 27.5 Å². The molecule has 0 aliphatic carbocycles. The first kappa shape index (κ1) is 17.1. The normalized spacial score (nSPS) is 11.1. The summed E-state index contributed by atoms with van der Waals surface area (Å²) in [7, 11) is 1.63. The number of rotatable bonds is 4. The van der Waals surface area contributed by atoms with Crippen LogP contribution < -0.4 is 15.7 Å². The van der Waals surface area contributed by atoms with Crippen molar-refractivity contribution in [2.24, 2.45) is 0 Å². The average molecular weight is 381 g/mol. The molecule has 0 saturated carbocycles. The van der Waals surface area contributed by atoms with E-state index in [1.807, 2.05) is 95.8 Å². The molecule has 0 radical (unpaired) electrons. The minimum Gasteiger partial charge on any atom is -0.497 e. The van der Waals surface area contributed by atoms with Crippen LogP contribution in [0.2, 0.25) is 0 Å². The largest absolute Gasteiger partial charge is 0.497 e. The molecule has 2 heterocycles. The Labute approximate surface area is 167 Å². The third kappa shape index (κ3) is 2.93. The summed E-state index contributed by atoms with van der Waals surface area (Å²) in [5.41, 5.74) is 6.31. The number of ether oxygens (including phenoxy) is 1. The maximum absolute atomic E-state index is 13.5. The second-order valence-corrected chi connectivity index (χ2v) is 6.81. The summed E-state index contributed by atoms with van der Waals surface area (Å²) in [5.74, 6) is 0.749. The van der Waals surface area contributed by atoms with Gasteiger partial charge >= 0.3 is 0 Å². The Hall–Kier alpha value is -3.99. The minimum absolute atomic E-state index is 0.119. The fourth-order valence-corrected chi connectivity index (χ4v) is 3.64. The Balaban J connectivity index is 1.70. The van der Waals surface area contributed by atoms with Crippen LogP contribution in [-0.4, -0.2) is 16.4 Å². The van der Waals surface area contributed by atoms with E-state index in [1.165, 1.54) is 0 Å². The Kier molecular flexibility index (Phi) is 4.06. The number of aromatic nitrogens is 2. The Morgan fingerprint density at radius 1 is 0.793 bits per heavy atom. The first-order valence-electron chi connectivity index (χ1n) is 9.37. The lowest BCUT2D eigenvalue weighted by molar-refractivity contribution is 0.415. The van der Waals surface area contributed by atoms with E-state index in [1.54, 1.807) is 11.7 Å². The fraction of sp³-hybridized carbons (Fsp3) is 0.0417. The van der Waals surface area contributed by atoms with Gasteiger partial charge in [-0.3, -0.25) is 19.5 Å². The molecule has 0 amide bonds. The van der Waals surface area contributed by atoms with Crippen molar-refractivity contribution in [1.82, 2.24) is 9.24 Å². The van der Waals surface area contributed by atoms with Gasteiger partial charge in [0.15, 0.2) is 0 Å². The maximum atomic E-state index is 13.5. The molecule has 0 atom stereocenters. The molecular formula is C24H19N3O2. The van der Waals surface area contributed by atoms with Crippen molar-refractivity contribution in [1.29, 1.82) is 0 Å². The van der Waals surface area contributed by atoms with E-state index < -0.39 is 0 Å². The van der Waals surface area contributed by atoms with E-state index >= 15 is 0 Å². The van der Waals surface area contributed by atoms with Gasteiger partial charge in [-0.05, 0) is 48.5 Å². The number of fused-ring (bicyclic) bond motifs is 2. The molecule has 0 unspecified atom stereocenters. The smallest absolute Gasteiger partial charge is 0.280 e. The van der Waals surface area contributed by atoms with E-state index in [0.717, 1.165) is 33.2 Å². The molecule has 29 heavy (non-hydrogen) atoms.